The lowest BCUT2D eigenvalue weighted by atomic mass is 9.85. The van der Waals surface area contributed by atoms with E-state index in [1.165, 1.54) is 12.8 Å². The van der Waals surface area contributed by atoms with E-state index in [9.17, 15) is 9.59 Å². The van der Waals surface area contributed by atoms with Gasteiger partial charge in [0.1, 0.15) is 5.75 Å². The number of hydrogen-bond acceptors (Lipinski definition) is 4. The highest BCUT2D eigenvalue weighted by molar-refractivity contribution is 6.32. The van der Waals surface area contributed by atoms with E-state index >= 15 is 0 Å². The Morgan fingerprint density at radius 3 is 2.67 bits per heavy atom. The van der Waals surface area contributed by atoms with Gasteiger partial charge in [0.2, 0.25) is 0 Å². The number of benzene rings is 1. The van der Waals surface area contributed by atoms with Gasteiger partial charge >= 0.3 is 12.0 Å². The van der Waals surface area contributed by atoms with Gasteiger partial charge in [-0.3, -0.25) is 9.69 Å². The normalized spacial score (nSPS) is 21.4. The maximum absolute atomic E-state index is 12.2. The molecule has 0 unspecified atom stereocenters. The molecule has 2 fully saturated rings. The highest BCUT2D eigenvalue weighted by atomic mass is 35.5. The lowest BCUT2D eigenvalue weighted by molar-refractivity contribution is -0.139. The Morgan fingerprint density at radius 2 is 2.07 bits per heavy atom. The molecular formula is C19H26ClN3O4. The number of carbonyl (C=O) groups is 2. The molecule has 0 atom stereocenters. The average molecular weight is 396 g/mol. The Bertz CT molecular complexity index is 690. The third kappa shape index (κ3) is 5.74. The number of aliphatic carboxylic acids is 1. The fourth-order valence-electron chi connectivity index (χ4n) is 3.36. The molecule has 1 aromatic rings. The predicted molar refractivity (Wildman–Crippen MR) is 104 cm³/mol. The molecule has 3 N–H and O–H groups in total. The minimum atomic E-state index is -0.794. The Hall–Kier alpha value is -1.99. The molecular weight excluding hydrogens is 370 g/mol. The molecule has 0 saturated heterocycles. The Kier molecular flexibility index (Phi) is 6.44. The molecule has 0 heterocycles. The van der Waals surface area contributed by atoms with E-state index in [-0.39, 0.29) is 24.7 Å². The second-order valence-electron chi connectivity index (χ2n) is 7.27. The predicted octanol–water partition coefficient (Wildman–Crippen LogP) is 3.19. The standard InChI is InChI=1S/C19H26ClN3O4/c1-2-27-17-6-5-13(9-16(17)20)21-19(26)22-14-7-15(8-14)23(11-18(24)25)10-12-3-4-12/h5-6,9,12,14-15H,2-4,7-8,10-11H2,1H3,(H,24,25)(H2,21,22,26). The first kappa shape index (κ1) is 19.8. The van der Waals surface area contributed by atoms with E-state index in [4.69, 9.17) is 21.4 Å². The van der Waals surface area contributed by atoms with Crippen LogP contribution in [-0.4, -0.2) is 53.8 Å². The second-order valence-corrected chi connectivity index (χ2v) is 7.67. The average Bonchev–Trinajstić information content (AvgIpc) is 3.36. The summed E-state index contributed by atoms with van der Waals surface area (Å²) in [5.74, 6) is 0.433. The van der Waals surface area contributed by atoms with Gasteiger partial charge < -0.3 is 20.5 Å². The van der Waals surface area contributed by atoms with Gasteiger partial charge in [0.15, 0.2) is 0 Å². The van der Waals surface area contributed by atoms with Crippen LogP contribution in [0.15, 0.2) is 18.2 Å². The molecule has 8 heteroatoms. The van der Waals surface area contributed by atoms with Crippen LogP contribution in [0.1, 0.15) is 32.6 Å². The van der Waals surface area contributed by atoms with E-state index < -0.39 is 5.97 Å². The van der Waals surface area contributed by atoms with Gasteiger partial charge in [-0.05, 0) is 56.7 Å². The summed E-state index contributed by atoms with van der Waals surface area (Å²) >= 11 is 6.13. The summed E-state index contributed by atoms with van der Waals surface area (Å²) in [6.07, 6.45) is 3.93. The third-order valence-electron chi connectivity index (χ3n) is 4.98. The number of hydrogen-bond donors (Lipinski definition) is 3. The maximum Gasteiger partial charge on any atom is 0.319 e. The van der Waals surface area contributed by atoms with Crippen molar-refractivity contribution in [2.24, 2.45) is 5.92 Å². The lowest BCUT2D eigenvalue weighted by Crippen LogP contribution is -2.55. The number of nitrogens with zero attached hydrogens (tertiary/aromatic N) is 1. The largest absolute Gasteiger partial charge is 0.492 e. The van der Waals surface area contributed by atoms with Gasteiger partial charge in [-0.25, -0.2) is 4.79 Å². The van der Waals surface area contributed by atoms with Crippen LogP contribution >= 0.6 is 11.6 Å². The molecule has 27 heavy (non-hydrogen) atoms. The number of ether oxygens (including phenoxy) is 1. The summed E-state index contributed by atoms with van der Waals surface area (Å²) in [5.41, 5.74) is 0.595. The molecule has 2 saturated carbocycles. The van der Waals surface area contributed by atoms with Crippen LogP contribution in [0.3, 0.4) is 0 Å². The number of carbonyl (C=O) groups excluding carboxylic acids is 1. The molecule has 2 aliphatic carbocycles. The molecule has 7 nitrogen and oxygen atoms in total. The van der Waals surface area contributed by atoms with E-state index in [1.54, 1.807) is 18.2 Å². The van der Waals surface area contributed by atoms with Crippen molar-refractivity contribution in [3.05, 3.63) is 23.2 Å². The van der Waals surface area contributed by atoms with Crippen molar-refractivity contribution in [1.82, 2.24) is 10.2 Å². The first-order valence-electron chi connectivity index (χ1n) is 9.40. The first-order chi connectivity index (χ1) is 12.9. The molecule has 0 spiro atoms. The smallest absolute Gasteiger partial charge is 0.319 e. The molecule has 0 aromatic heterocycles. The van der Waals surface area contributed by atoms with Gasteiger partial charge in [0, 0.05) is 24.3 Å². The van der Waals surface area contributed by atoms with Crippen LogP contribution in [0.5, 0.6) is 5.75 Å². The second kappa shape index (κ2) is 8.80. The minimum Gasteiger partial charge on any atom is -0.492 e. The molecule has 2 amide bonds. The van der Waals surface area contributed by atoms with Crippen molar-refractivity contribution in [2.45, 2.75) is 44.7 Å². The topological polar surface area (TPSA) is 90.9 Å². The summed E-state index contributed by atoms with van der Waals surface area (Å²) in [7, 11) is 0. The number of urea groups is 1. The van der Waals surface area contributed by atoms with Crippen molar-refractivity contribution in [3.8, 4) is 5.75 Å². The molecule has 3 rings (SSSR count). The zero-order chi connectivity index (χ0) is 19.4. The van der Waals surface area contributed by atoms with E-state index in [1.807, 2.05) is 11.8 Å². The van der Waals surface area contributed by atoms with Crippen LogP contribution in [-0.2, 0) is 4.79 Å². The number of carboxylic acids is 1. The highest BCUT2D eigenvalue weighted by Crippen LogP contribution is 2.34. The summed E-state index contributed by atoms with van der Waals surface area (Å²) in [5, 5.41) is 15.2. The molecule has 0 aliphatic heterocycles. The molecule has 0 radical (unpaired) electrons. The molecule has 2 aliphatic rings. The Morgan fingerprint density at radius 1 is 1.33 bits per heavy atom. The summed E-state index contributed by atoms with van der Waals surface area (Å²) < 4.78 is 5.37. The number of anilines is 1. The van der Waals surface area contributed by atoms with Gasteiger partial charge in [0.05, 0.1) is 18.2 Å². The number of halogens is 1. The monoisotopic (exact) mass is 395 g/mol. The zero-order valence-corrected chi connectivity index (χ0v) is 16.2. The van der Waals surface area contributed by atoms with Crippen molar-refractivity contribution < 1.29 is 19.4 Å². The Balaban J connectivity index is 1.44. The summed E-state index contributed by atoms with van der Waals surface area (Å²) in [4.78, 5) is 25.3. The zero-order valence-electron chi connectivity index (χ0n) is 15.4. The van der Waals surface area contributed by atoms with E-state index in [0.29, 0.717) is 29.0 Å². The molecule has 0 bridgehead atoms. The summed E-state index contributed by atoms with van der Waals surface area (Å²) in [6, 6.07) is 5.12. The van der Waals surface area contributed by atoms with Gasteiger partial charge in [-0.15, -0.1) is 0 Å². The summed E-state index contributed by atoms with van der Waals surface area (Å²) in [6.45, 7) is 3.32. The first-order valence-corrected chi connectivity index (χ1v) is 9.78. The molecule has 1 aromatic carbocycles. The van der Waals surface area contributed by atoms with Gasteiger partial charge in [0.25, 0.3) is 0 Å². The minimum absolute atomic E-state index is 0.0590. The highest BCUT2D eigenvalue weighted by Gasteiger charge is 2.37. The van der Waals surface area contributed by atoms with Crippen LogP contribution in [0.2, 0.25) is 5.02 Å². The fourth-order valence-corrected chi connectivity index (χ4v) is 3.59. The number of amides is 2. The Labute approximate surface area is 164 Å². The quantitative estimate of drug-likeness (QED) is 0.597. The van der Waals surface area contributed by atoms with E-state index in [2.05, 4.69) is 10.6 Å². The third-order valence-corrected chi connectivity index (χ3v) is 5.28. The lowest BCUT2D eigenvalue weighted by Gasteiger charge is -2.42. The number of rotatable bonds is 9. The SMILES string of the molecule is CCOc1ccc(NC(=O)NC2CC(N(CC(=O)O)CC3CC3)C2)cc1Cl. The van der Waals surface area contributed by atoms with Crippen molar-refractivity contribution in [1.29, 1.82) is 0 Å². The van der Waals surface area contributed by atoms with Crippen LogP contribution in [0.4, 0.5) is 10.5 Å². The van der Waals surface area contributed by atoms with Gasteiger partial charge in [-0.2, -0.15) is 0 Å². The van der Waals surface area contributed by atoms with Crippen molar-refractivity contribution in [3.63, 3.8) is 0 Å². The molecule has 148 valence electrons. The maximum atomic E-state index is 12.2. The fraction of sp³-hybridized carbons (Fsp3) is 0.579. The van der Waals surface area contributed by atoms with Crippen molar-refractivity contribution >= 4 is 29.3 Å². The van der Waals surface area contributed by atoms with Crippen LogP contribution in [0, 0.1) is 5.92 Å². The van der Waals surface area contributed by atoms with E-state index in [0.717, 1.165) is 19.4 Å². The number of nitrogens with one attached hydrogen (secondary N) is 2. The van der Waals surface area contributed by atoms with Crippen molar-refractivity contribution in [2.75, 3.05) is 25.0 Å². The number of carboxylic acid groups (broad SMARTS) is 1. The van der Waals surface area contributed by atoms with Gasteiger partial charge in [-0.1, -0.05) is 11.6 Å². The van der Waals surface area contributed by atoms with Crippen LogP contribution in [0.25, 0.3) is 0 Å². The van der Waals surface area contributed by atoms with Crippen LogP contribution < -0.4 is 15.4 Å².